The van der Waals surface area contributed by atoms with E-state index in [-0.39, 0.29) is 12.0 Å². The summed E-state index contributed by atoms with van der Waals surface area (Å²) in [6.07, 6.45) is 4.13. The van der Waals surface area contributed by atoms with Crippen LogP contribution in [0.4, 0.5) is 5.69 Å². The molecule has 0 unspecified atom stereocenters. The molecular weight excluding hydrogens is 408 g/mol. The van der Waals surface area contributed by atoms with Gasteiger partial charge in [-0.3, -0.25) is 9.69 Å². The normalized spacial score (nSPS) is 15.0. The third-order valence-electron chi connectivity index (χ3n) is 4.52. The molecule has 31 heavy (non-hydrogen) atoms. The molecule has 1 aliphatic heterocycles. The molecule has 1 amide bonds. The predicted octanol–water partition coefficient (Wildman–Crippen LogP) is 6.15. The number of carbonyl (C=O) groups excluding carboxylic acids is 1. The minimum Gasteiger partial charge on any atom is -0.494 e. The maximum absolute atomic E-state index is 13.3. The Morgan fingerprint density at radius 3 is 2.32 bits per heavy atom. The van der Waals surface area contributed by atoms with Crippen molar-refractivity contribution >= 4 is 34.6 Å². The van der Waals surface area contributed by atoms with Gasteiger partial charge in [-0.1, -0.05) is 37.2 Å². The summed E-state index contributed by atoms with van der Waals surface area (Å²) in [6.45, 7) is 8.70. The van der Waals surface area contributed by atoms with Gasteiger partial charge in [-0.2, -0.15) is 0 Å². The molecule has 0 fully saturated rings. The van der Waals surface area contributed by atoms with Crippen LogP contribution in [0.15, 0.2) is 59.2 Å². The zero-order valence-electron chi connectivity index (χ0n) is 18.6. The quantitative estimate of drug-likeness (QED) is 0.348. The largest absolute Gasteiger partial charge is 0.494 e. The summed E-state index contributed by atoms with van der Waals surface area (Å²) in [5.41, 5.74) is 2.14. The van der Waals surface area contributed by atoms with Gasteiger partial charge >= 0.3 is 0 Å². The molecule has 0 radical (unpaired) electrons. The highest BCUT2D eigenvalue weighted by Crippen LogP contribution is 2.31. The number of rotatable bonds is 9. The van der Waals surface area contributed by atoms with Crippen molar-refractivity contribution in [2.75, 3.05) is 17.3 Å². The molecule has 5 nitrogen and oxygen atoms in total. The molecule has 0 N–H and O–H groups in total. The maximum atomic E-state index is 13.3. The molecule has 0 saturated carbocycles. The lowest BCUT2D eigenvalue weighted by molar-refractivity contribution is -0.113. The van der Waals surface area contributed by atoms with Crippen molar-refractivity contribution in [2.24, 2.45) is 4.99 Å². The summed E-state index contributed by atoms with van der Waals surface area (Å²) in [6, 6.07) is 15.3. The monoisotopic (exact) mass is 438 g/mol. The van der Waals surface area contributed by atoms with E-state index < -0.39 is 0 Å². The Labute approximate surface area is 189 Å². The van der Waals surface area contributed by atoms with Gasteiger partial charge < -0.3 is 9.47 Å². The van der Waals surface area contributed by atoms with Gasteiger partial charge in [0.05, 0.1) is 18.4 Å². The molecule has 3 rings (SSSR count). The first-order valence-electron chi connectivity index (χ1n) is 10.8. The molecule has 2 aromatic carbocycles. The second-order valence-corrected chi connectivity index (χ2v) is 8.49. The minimum atomic E-state index is -0.120. The molecule has 0 atom stereocenters. The molecule has 2 aromatic rings. The van der Waals surface area contributed by atoms with Gasteiger partial charge in [0.1, 0.15) is 17.2 Å². The summed E-state index contributed by atoms with van der Waals surface area (Å²) in [4.78, 5) is 19.6. The van der Waals surface area contributed by atoms with Crippen molar-refractivity contribution in [1.29, 1.82) is 0 Å². The Hall–Kier alpha value is -2.73. The van der Waals surface area contributed by atoms with Crippen molar-refractivity contribution in [3.05, 3.63) is 59.8 Å². The summed E-state index contributed by atoms with van der Waals surface area (Å²) >= 11 is 1.62. The number of hydrogen-bond acceptors (Lipinski definition) is 5. The Kier molecular flexibility index (Phi) is 8.18. The van der Waals surface area contributed by atoms with Crippen molar-refractivity contribution in [1.82, 2.24) is 0 Å². The Morgan fingerprint density at radius 2 is 1.71 bits per heavy atom. The zero-order valence-corrected chi connectivity index (χ0v) is 19.4. The fraction of sp³-hybridized carbons (Fsp3) is 0.360. The number of nitrogens with zero attached hydrogens (tertiary/aromatic N) is 2. The van der Waals surface area contributed by atoms with E-state index in [1.807, 2.05) is 75.4 Å². The number of aliphatic imine (C=N–C) groups is 1. The Balaban J connectivity index is 1.85. The predicted molar refractivity (Wildman–Crippen MR) is 130 cm³/mol. The second-order valence-electron chi connectivity index (χ2n) is 7.43. The second kappa shape index (κ2) is 11.0. The van der Waals surface area contributed by atoms with Gasteiger partial charge in [-0.25, -0.2) is 4.99 Å². The summed E-state index contributed by atoms with van der Waals surface area (Å²) in [5, 5.41) is 0.716. The average molecular weight is 439 g/mol. The molecule has 1 aliphatic rings. The number of carbonyl (C=O) groups is 1. The summed E-state index contributed by atoms with van der Waals surface area (Å²) in [5.74, 6) is 2.40. The molecular formula is C25H30N2O3S. The highest BCUT2D eigenvalue weighted by Gasteiger charge is 2.31. The first-order chi connectivity index (χ1) is 15.0. The minimum absolute atomic E-state index is 0.120. The van der Waals surface area contributed by atoms with Crippen LogP contribution in [0.25, 0.3) is 6.08 Å². The van der Waals surface area contributed by atoms with Gasteiger partial charge in [0.15, 0.2) is 5.17 Å². The van der Waals surface area contributed by atoms with Crippen LogP contribution < -0.4 is 14.4 Å². The topological polar surface area (TPSA) is 51.1 Å². The van der Waals surface area contributed by atoms with Crippen LogP contribution in [0.1, 0.15) is 46.1 Å². The maximum Gasteiger partial charge on any atom is 0.283 e. The zero-order chi connectivity index (χ0) is 22.2. The highest BCUT2D eigenvalue weighted by molar-refractivity contribution is 8.14. The van der Waals surface area contributed by atoms with Gasteiger partial charge in [-0.15, -0.1) is 0 Å². The van der Waals surface area contributed by atoms with Crippen molar-refractivity contribution in [3.63, 3.8) is 0 Å². The fourth-order valence-electron chi connectivity index (χ4n) is 3.06. The molecule has 0 bridgehead atoms. The average Bonchev–Trinajstić information content (AvgIpc) is 3.05. The number of benzene rings is 2. The van der Waals surface area contributed by atoms with Crippen molar-refractivity contribution < 1.29 is 14.3 Å². The fourth-order valence-corrected chi connectivity index (χ4v) is 4.16. The number of thioether (sulfide) groups is 1. The number of ether oxygens (including phenoxy) is 2. The van der Waals surface area contributed by atoms with Gasteiger partial charge in [0.2, 0.25) is 0 Å². The summed E-state index contributed by atoms with van der Waals surface area (Å²) < 4.78 is 11.2. The van der Waals surface area contributed by atoms with Crippen LogP contribution >= 0.6 is 11.8 Å². The van der Waals surface area contributed by atoms with E-state index in [1.165, 1.54) is 0 Å². The van der Waals surface area contributed by atoms with Crippen LogP contribution in [-0.4, -0.2) is 29.5 Å². The van der Waals surface area contributed by atoms with Crippen LogP contribution in [0, 0.1) is 0 Å². The highest BCUT2D eigenvalue weighted by atomic mass is 32.2. The number of hydrogen-bond donors (Lipinski definition) is 0. The van der Waals surface area contributed by atoms with Gasteiger partial charge in [0, 0.05) is 5.75 Å². The standard InChI is InChI=1S/C25H30N2O3S/c1-5-7-16-31-25-26-23(17-19-8-12-22(13-9-19)30-18(3)4)24(28)27(25)20-10-14-21(15-11-20)29-6-2/h8-15,17-18H,5-7,16H2,1-4H3/b23-17+. The van der Waals surface area contributed by atoms with E-state index in [2.05, 4.69) is 11.9 Å². The lowest BCUT2D eigenvalue weighted by atomic mass is 10.2. The molecule has 0 aliphatic carbocycles. The first-order valence-corrected chi connectivity index (χ1v) is 11.8. The SMILES string of the molecule is CCCCSC1=N/C(=C/c2ccc(OC(C)C)cc2)C(=O)N1c1ccc(OCC)cc1. The van der Waals surface area contributed by atoms with E-state index in [4.69, 9.17) is 9.47 Å². The first kappa shape index (κ1) is 22.9. The lowest BCUT2D eigenvalue weighted by Gasteiger charge is -2.18. The number of unbranched alkanes of at least 4 members (excludes halogenated alkanes) is 1. The van der Waals surface area contributed by atoms with E-state index in [0.29, 0.717) is 17.5 Å². The number of anilines is 1. The van der Waals surface area contributed by atoms with E-state index in [9.17, 15) is 4.79 Å². The molecule has 0 spiro atoms. The lowest BCUT2D eigenvalue weighted by Crippen LogP contribution is -2.30. The third-order valence-corrected chi connectivity index (χ3v) is 5.54. The molecule has 1 heterocycles. The van der Waals surface area contributed by atoms with Crippen LogP contribution in [-0.2, 0) is 4.79 Å². The molecule has 0 saturated heterocycles. The smallest absolute Gasteiger partial charge is 0.283 e. The molecule has 6 heteroatoms. The van der Waals surface area contributed by atoms with E-state index in [1.54, 1.807) is 16.7 Å². The Morgan fingerprint density at radius 1 is 1.03 bits per heavy atom. The number of amides is 1. The van der Waals surface area contributed by atoms with Crippen molar-refractivity contribution in [3.8, 4) is 11.5 Å². The Bertz CT molecular complexity index is 934. The molecule has 0 aromatic heterocycles. The van der Waals surface area contributed by atoms with Gasteiger partial charge in [0.25, 0.3) is 5.91 Å². The van der Waals surface area contributed by atoms with Crippen LogP contribution in [0.5, 0.6) is 11.5 Å². The number of amidine groups is 1. The van der Waals surface area contributed by atoms with Crippen LogP contribution in [0.3, 0.4) is 0 Å². The van der Waals surface area contributed by atoms with Crippen molar-refractivity contribution in [2.45, 2.75) is 46.6 Å². The van der Waals surface area contributed by atoms with Gasteiger partial charge in [-0.05, 0) is 75.2 Å². The molecule has 164 valence electrons. The van der Waals surface area contributed by atoms with E-state index in [0.717, 1.165) is 41.3 Å². The van der Waals surface area contributed by atoms with E-state index >= 15 is 0 Å². The summed E-state index contributed by atoms with van der Waals surface area (Å²) in [7, 11) is 0. The van der Waals surface area contributed by atoms with Crippen LogP contribution in [0.2, 0.25) is 0 Å². The third kappa shape index (κ3) is 6.14.